The summed E-state index contributed by atoms with van der Waals surface area (Å²) in [5.74, 6) is 0. The van der Waals surface area contributed by atoms with Gasteiger partial charge in [-0.1, -0.05) is 133 Å². The summed E-state index contributed by atoms with van der Waals surface area (Å²) in [4.78, 5) is 0. The Hall–Kier alpha value is -2.64. The van der Waals surface area contributed by atoms with E-state index in [1.54, 1.807) is 0 Å². The maximum absolute atomic E-state index is 4.18. The second-order valence-electron chi connectivity index (χ2n) is 11.6. The first-order valence-corrected chi connectivity index (χ1v) is 13.0. The third-order valence-electron chi connectivity index (χ3n) is 7.24. The smallest absolute Gasteiger partial charge is 0.0622 e. The van der Waals surface area contributed by atoms with Crippen molar-refractivity contribution < 1.29 is 0 Å². The molecule has 1 heteroatoms. The van der Waals surface area contributed by atoms with Crippen LogP contribution >= 0.6 is 15.9 Å². The van der Waals surface area contributed by atoms with Crippen LogP contribution in [0.1, 0.15) is 74.9 Å². The monoisotopic (exact) mass is 508 g/mol. The van der Waals surface area contributed by atoms with Gasteiger partial charge in [0.15, 0.2) is 0 Å². The Morgan fingerprint density at radius 3 is 1.59 bits per heavy atom. The fourth-order valence-electron chi connectivity index (χ4n) is 5.87. The molecule has 0 aromatic heterocycles. The van der Waals surface area contributed by atoms with E-state index >= 15 is 0 Å². The van der Waals surface area contributed by atoms with Gasteiger partial charge in [0.25, 0.3) is 0 Å². The van der Waals surface area contributed by atoms with Crippen molar-refractivity contribution in [3.8, 4) is 11.1 Å². The molecule has 4 aromatic carbocycles. The first-order chi connectivity index (χ1) is 16.1. The Bertz CT molecular complexity index is 1310. The molecule has 0 saturated heterocycles. The number of rotatable bonds is 2. The van der Waals surface area contributed by atoms with Crippen LogP contribution in [-0.4, -0.2) is 0 Å². The van der Waals surface area contributed by atoms with Gasteiger partial charge in [0, 0.05) is 10.0 Å². The summed E-state index contributed by atoms with van der Waals surface area (Å²) >= 11 is 4.18. The number of hydrogen-bond acceptors (Lipinski definition) is 0. The van der Waals surface area contributed by atoms with Gasteiger partial charge in [0.2, 0.25) is 0 Å². The van der Waals surface area contributed by atoms with Crippen LogP contribution in [-0.2, 0) is 16.2 Å². The van der Waals surface area contributed by atoms with Crippen LogP contribution in [0.2, 0.25) is 0 Å². The minimum absolute atomic E-state index is 0.00799. The summed E-state index contributed by atoms with van der Waals surface area (Å²) in [5, 5.41) is 0. The summed E-state index contributed by atoms with van der Waals surface area (Å²) in [6.07, 6.45) is 0. The summed E-state index contributed by atoms with van der Waals surface area (Å²) in [6.45, 7) is 14.0. The third-order valence-corrected chi connectivity index (χ3v) is 8.04. The molecule has 0 bridgehead atoms. The lowest BCUT2D eigenvalue weighted by Crippen LogP contribution is -2.30. The number of benzene rings is 4. The third kappa shape index (κ3) is 3.32. The number of fused-ring (bicyclic) bond motifs is 3. The number of hydrogen-bond donors (Lipinski definition) is 0. The van der Waals surface area contributed by atoms with Crippen molar-refractivity contribution in [2.24, 2.45) is 0 Å². The zero-order valence-corrected chi connectivity index (χ0v) is 22.6. The van der Waals surface area contributed by atoms with Gasteiger partial charge in [-0.2, -0.15) is 0 Å². The van der Waals surface area contributed by atoms with Gasteiger partial charge < -0.3 is 0 Å². The van der Waals surface area contributed by atoms with Crippen molar-refractivity contribution in [1.82, 2.24) is 0 Å². The standard InChI is InChI=1S/C33H33Br/c1-31(2,3)27-21-26-28(30(34)29(27)32(4,5)6)24-19-13-14-20-25(24)33(26,22-15-9-7-10-16-22)23-17-11-8-12-18-23/h7-21H,1-6H3. The molecule has 0 spiro atoms. The average molecular weight is 510 g/mol. The largest absolute Gasteiger partial charge is 0.0714 e. The molecule has 0 aliphatic heterocycles. The van der Waals surface area contributed by atoms with Gasteiger partial charge >= 0.3 is 0 Å². The van der Waals surface area contributed by atoms with Crippen LogP contribution in [0.4, 0.5) is 0 Å². The quantitative estimate of drug-likeness (QED) is 0.222. The maximum Gasteiger partial charge on any atom is 0.0714 e. The van der Waals surface area contributed by atoms with Crippen LogP contribution in [0.5, 0.6) is 0 Å². The molecule has 0 saturated carbocycles. The number of halogens is 1. The van der Waals surface area contributed by atoms with E-state index in [-0.39, 0.29) is 16.2 Å². The highest BCUT2D eigenvalue weighted by Crippen LogP contribution is 2.60. The first kappa shape index (κ1) is 23.1. The average Bonchev–Trinajstić information content (AvgIpc) is 3.10. The van der Waals surface area contributed by atoms with Gasteiger partial charge in [0.1, 0.15) is 0 Å². The molecule has 0 atom stereocenters. The van der Waals surface area contributed by atoms with Crippen LogP contribution < -0.4 is 0 Å². The zero-order valence-electron chi connectivity index (χ0n) is 21.0. The van der Waals surface area contributed by atoms with Crippen molar-refractivity contribution in [2.75, 3.05) is 0 Å². The Balaban J connectivity index is 2.04. The Morgan fingerprint density at radius 1 is 0.588 bits per heavy atom. The van der Waals surface area contributed by atoms with E-state index in [4.69, 9.17) is 0 Å². The van der Waals surface area contributed by atoms with Crippen molar-refractivity contribution in [2.45, 2.75) is 57.8 Å². The van der Waals surface area contributed by atoms with Crippen molar-refractivity contribution in [3.63, 3.8) is 0 Å². The first-order valence-electron chi connectivity index (χ1n) is 12.2. The normalized spacial score (nSPS) is 14.6. The molecule has 0 amide bonds. The fourth-order valence-corrected chi connectivity index (χ4v) is 7.11. The molecule has 0 radical (unpaired) electrons. The Morgan fingerprint density at radius 2 is 1.09 bits per heavy atom. The molecule has 0 unspecified atom stereocenters. The minimum Gasteiger partial charge on any atom is -0.0622 e. The van der Waals surface area contributed by atoms with E-state index in [1.165, 1.54) is 49.0 Å². The fraction of sp³-hybridized carbons (Fsp3) is 0.273. The van der Waals surface area contributed by atoms with Gasteiger partial charge in [-0.05, 0) is 65.7 Å². The molecule has 4 aromatic rings. The SMILES string of the molecule is CC(C)(C)c1cc2c(c(Br)c1C(C)(C)C)-c1ccccc1C2(c1ccccc1)c1ccccc1. The second-order valence-corrected chi connectivity index (χ2v) is 12.4. The van der Waals surface area contributed by atoms with E-state index in [9.17, 15) is 0 Å². The molecule has 1 aliphatic rings. The summed E-state index contributed by atoms with van der Waals surface area (Å²) in [6, 6.07) is 33.6. The van der Waals surface area contributed by atoms with Crippen LogP contribution in [0.25, 0.3) is 11.1 Å². The van der Waals surface area contributed by atoms with E-state index in [0.29, 0.717) is 0 Å². The minimum atomic E-state index is -0.368. The zero-order chi connectivity index (χ0) is 24.3. The highest BCUT2D eigenvalue weighted by molar-refractivity contribution is 9.10. The second kappa shape index (κ2) is 7.95. The lowest BCUT2D eigenvalue weighted by molar-refractivity contribution is 0.526. The van der Waals surface area contributed by atoms with Crippen LogP contribution in [0, 0.1) is 0 Å². The highest BCUT2D eigenvalue weighted by Gasteiger charge is 2.48. The van der Waals surface area contributed by atoms with E-state index < -0.39 is 0 Å². The van der Waals surface area contributed by atoms with Crippen molar-refractivity contribution >= 4 is 15.9 Å². The Labute approximate surface area is 213 Å². The van der Waals surface area contributed by atoms with Gasteiger partial charge in [-0.3, -0.25) is 0 Å². The molecular formula is C33H33Br. The lowest BCUT2D eigenvalue weighted by Gasteiger charge is -2.37. The van der Waals surface area contributed by atoms with Gasteiger partial charge in [0.05, 0.1) is 5.41 Å². The highest BCUT2D eigenvalue weighted by atomic mass is 79.9. The van der Waals surface area contributed by atoms with Crippen molar-refractivity contribution in [1.29, 1.82) is 0 Å². The lowest BCUT2D eigenvalue weighted by atomic mass is 9.66. The van der Waals surface area contributed by atoms with Gasteiger partial charge in [-0.25, -0.2) is 0 Å². The molecule has 1 aliphatic carbocycles. The molecule has 0 fully saturated rings. The molecular weight excluding hydrogens is 476 g/mol. The van der Waals surface area contributed by atoms with E-state index in [0.717, 1.165) is 0 Å². The van der Waals surface area contributed by atoms with Crippen molar-refractivity contribution in [3.05, 3.63) is 129 Å². The molecule has 34 heavy (non-hydrogen) atoms. The maximum atomic E-state index is 4.18. The molecule has 172 valence electrons. The Kier molecular flexibility index (Phi) is 5.41. The predicted molar refractivity (Wildman–Crippen MR) is 149 cm³/mol. The molecule has 0 N–H and O–H groups in total. The molecule has 0 heterocycles. The summed E-state index contributed by atoms with van der Waals surface area (Å²) in [7, 11) is 0. The van der Waals surface area contributed by atoms with Crippen LogP contribution in [0.3, 0.4) is 0 Å². The topological polar surface area (TPSA) is 0 Å². The summed E-state index contributed by atoms with van der Waals surface area (Å²) < 4.78 is 1.24. The van der Waals surface area contributed by atoms with E-state index in [1.807, 2.05) is 0 Å². The van der Waals surface area contributed by atoms with E-state index in [2.05, 4.69) is 148 Å². The molecule has 5 rings (SSSR count). The van der Waals surface area contributed by atoms with Crippen LogP contribution in [0.15, 0.2) is 95.5 Å². The van der Waals surface area contributed by atoms with Gasteiger partial charge in [-0.15, -0.1) is 0 Å². The molecule has 0 nitrogen and oxygen atoms in total. The predicted octanol–water partition coefficient (Wildman–Crippen LogP) is 9.41. The summed E-state index contributed by atoms with van der Waals surface area (Å²) in [5.41, 5.74) is 10.5.